The van der Waals surface area contributed by atoms with E-state index >= 15 is 0 Å². The summed E-state index contributed by atoms with van der Waals surface area (Å²) in [6.07, 6.45) is 5.02. The van der Waals surface area contributed by atoms with Gasteiger partial charge in [-0.1, -0.05) is 6.07 Å². The highest BCUT2D eigenvalue weighted by molar-refractivity contribution is 5.86. The minimum absolute atomic E-state index is 0.462. The van der Waals surface area contributed by atoms with Crippen molar-refractivity contribution in [3.05, 3.63) is 18.2 Å². The van der Waals surface area contributed by atoms with Crippen LogP contribution in [0.1, 0.15) is 25.7 Å². The Balaban J connectivity index is 1.51. The van der Waals surface area contributed by atoms with Gasteiger partial charge in [-0.15, -0.1) is 0 Å². The molecule has 5 nitrogen and oxygen atoms in total. The molecule has 2 atom stereocenters. The summed E-state index contributed by atoms with van der Waals surface area (Å²) in [5.41, 5.74) is 8.10. The topological polar surface area (TPSA) is 67.3 Å². The van der Waals surface area contributed by atoms with Crippen LogP contribution in [0.5, 0.6) is 0 Å². The second-order valence-electron chi connectivity index (χ2n) is 5.91. The number of hydrogen-bond donors (Lipinski definition) is 2. The van der Waals surface area contributed by atoms with Crippen LogP contribution in [0.25, 0.3) is 11.1 Å². The molecule has 2 aromatic rings. The number of nitrogens with one attached hydrogen (secondary N) is 1. The smallest absolute Gasteiger partial charge is 0.295 e. The van der Waals surface area contributed by atoms with E-state index in [0.717, 1.165) is 23.6 Å². The molecule has 0 spiro atoms. The fourth-order valence-corrected chi connectivity index (χ4v) is 3.56. The first-order chi connectivity index (χ1) is 9.79. The zero-order chi connectivity index (χ0) is 13.5. The van der Waals surface area contributed by atoms with Crippen molar-refractivity contribution in [1.82, 2.24) is 9.88 Å². The molecule has 3 N–H and O–H groups in total. The van der Waals surface area contributed by atoms with Crippen LogP contribution in [0, 0.1) is 0 Å². The molecule has 3 heterocycles. The van der Waals surface area contributed by atoms with E-state index < -0.39 is 0 Å². The summed E-state index contributed by atoms with van der Waals surface area (Å²) in [4.78, 5) is 7.09. The minimum Gasteiger partial charge on any atom is -0.423 e. The lowest BCUT2D eigenvalue weighted by Crippen LogP contribution is -2.42. The molecule has 1 aromatic carbocycles. The molecule has 0 amide bonds. The zero-order valence-electron chi connectivity index (χ0n) is 11.5. The molecule has 1 aromatic heterocycles. The predicted octanol–water partition coefficient (Wildman–Crippen LogP) is 2.45. The number of nitrogen functional groups attached to an aromatic ring is 1. The van der Waals surface area contributed by atoms with E-state index in [1.165, 1.54) is 32.4 Å². The standard InChI is InChI=1S/C15H20N4O/c16-12-4-1-5-13-14(12)18-15(20-13)17-10-6-8-19-7-2-3-11(19)9-10/h1,4-5,10-11H,2-3,6-9,16H2,(H,17,18). The van der Waals surface area contributed by atoms with Crippen molar-refractivity contribution >= 4 is 22.8 Å². The highest BCUT2D eigenvalue weighted by Crippen LogP contribution is 2.30. The molecule has 0 aliphatic carbocycles. The number of hydrogen-bond acceptors (Lipinski definition) is 5. The fraction of sp³-hybridized carbons (Fsp3) is 0.533. The molecule has 0 bridgehead atoms. The summed E-state index contributed by atoms with van der Waals surface area (Å²) < 4.78 is 5.75. The van der Waals surface area contributed by atoms with Crippen LogP contribution >= 0.6 is 0 Å². The molecular formula is C15H20N4O. The molecule has 0 saturated carbocycles. The van der Waals surface area contributed by atoms with Crippen LogP contribution in [-0.4, -0.2) is 35.1 Å². The van der Waals surface area contributed by atoms with Crippen LogP contribution in [0.2, 0.25) is 0 Å². The number of aromatic nitrogens is 1. The van der Waals surface area contributed by atoms with Gasteiger partial charge in [0.05, 0.1) is 5.69 Å². The molecule has 20 heavy (non-hydrogen) atoms. The van der Waals surface area contributed by atoms with Gasteiger partial charge < -0.3 is 20.4 Å². The summed E-state index contributed by atoms with van der Waals surface area (Å²) >= 11 is 0. The maximum atomic E-state index is 5.92. The molecule has 0 radical (unpaired) electrons. The number of rotatable bonds is 2. The molecule has 2 aliphatic rings. The normalized spacial score (nSPS) is 26.8. The lowest BCUT2D eigenvalue weighted by atomic mass is 9.98. The third-order valence-electron chi connectivity index (χ3n) is 4.60. The van der Waals surface area contributed by atoms with Crippen molar-refractivity contribution in [2.45, 2.75) is 37.8 Å². The van der Waals surface area contributed by atoms with Gasteiger partial charge in [-0.2, -0.15) is 4.98 Å². The molecule has 2 saturated heterocycles. The minimum atomic E-state index is 0.462. The van der Waals surface area contributed by atoms with Crippen molar-refractivity contribution < 1.29 is 4.42 Å². The average Bonchev–Trinajstić information content (AvgIpc) is 3.05. The fourth-order valence-electron chi connectivity index (χ4n) is 3.56. The Hall–Kier alpha value is -1.75. The van der Waals surface area contributed by atoms with Crippen molar-refractivity contribution in [1.29, 1.82) is 0 Å². The summed E-state index contributed by atoms with van der Waals surface area (Å²) in [7, 11) is 0. The number of nitrogens with two attached hydrogens (primary N) is 1. The number of fused-ring (bicyclic) bond motifs is 2. The van der Waals surface area contributed by atoms with Gasteiger partial charge in [-0.25, -0.2) is 0 Å². The summed E-state index contributed by atoms with van der Waals surface area (Å²) in [6.45, 7) is 2.46. The van der Waals surface area contributed by atoms with Crippen LogP contribution in [-0.2, 0) is 0 Å². The van der Waals surface area contributed by atoms with Crippen molar-refractivity contribution in [2.75, 3.05) is 24.1 Å². The molecule has 2 fully saturated rings. The lowest BCUT2D eigenvalue weighted by molar-refractivity contribution is 0.187. The van der Waals surface area contributed by atoms with Gasteiger partial charge in [-0.3, -0.25) is 0 Å². The van der Waals surface area contributed by atoms with Crippen LogP contribution in [0.4, 0.5) is 11.7 Å². The van der Waals surface area contributed by atoms with Gasteiger partial charge in [0, 0.05) is 18.6 Å². The lowest BCUT2D eigenvalue weighted by Gasteiger charge is -2.34. The Morgan fingerprint density at radius 1 is 1.30 bits per heavy atom. The Kier molecular flexibility index (Phi) is 2.80. The number of nitrogens with zero attached hydrogens (tertiary/aromatic N) is 2. The largest absolute Gasteiger partial charge is 0.423 e. The quantitative estimate of drug-likeness (QED) is 0.822. The maximum absolute atomic E-state index is 5.92. The van der Waals surface area contributed by atoms with E-state index in [2.05, 4.69) is 15.2 Å². The summed E-state index contributed by atoms with van der Waals surface area (Å²) in [5, 5.41) is 3.45. The molecule has 2 unspecified atom stereocenters. The third kappa shape index (κ3) is 2.02. The van der Waals surface area contributed by atoms with E-state index in [1.807, 2.05) is 18.2 Å². The zero-order valence-corrected chi connectivity index (χ0v) is 11.5. The van der Waals surface area contributed by atoms with Crippen molar-refractivity contribution in [2.24, 2.45) is 0 Å². The third-order valence-corrected chi connectivity index (χ3v) is 4.60. The highest BCUT2D eigenvalue weighted by Gasteiger charge is 2.32. The second-order valence-corrected chi connectivity index (χ2v) is 5.91. The first kappa shape index (κ1) is 12.0. The molecule has 4 rings (SSSR count). The van der Waals surface area contributed by atoms with E-state index in [4.69, 9.17) is 10.2 Å². The number of benzene rings is 1. The molecular weight excluding hydrogens is 252 g/mol. The van der Waals surface area contributed by atoms with Crippen LogP contribution < -0.4 is 11.1 Å². The molecule has 2 aliphatic heterocycles. The Morgan fingerprint density at radius 2 is 2.25 bits per heavy atom. The van der Waals surface area contributed by atoms with Crippen LogP contribution in [0.3, 0.4) is 0 Å². The van der Waals surface area contributed by atoms with E-state index in [-0.39, 0.29) is 0 Å². The molecule has 106 valence electrons. The maximum Gasteiger partial charge on any atom is 0.295 e. The number of oxazole rings is 1. The van der Waals surface area contributed by atoms with Gasteiger partial charge in [0.25, 0.3) is 6.01 Å². The van der Waals surface area contributed by atoms with Crippen LogP contribution in [0.15, 0.2) is 22.6 Å². The van der Waals surface area contributed by atoms with Crippen molar-refractivity contribution in [3.8, 4) is 0 Å². The first-order valence-corrected chi connectivity index (χ1v) is 7.45. The van der Waals surface area contributed by atoms with Crippen molar-refractivity contribution in [3.63, 3.8) is 0 Å². The van der Waals surface area contributed by atoms with Gasteiger partial charge in [0.15, 0.2) is 5.58 Å². The Morgan fingerprint density at radius 3 is 3.15 bits per heavy atom. The van der Waals surface area contributed by atoms with Gasteiger partial charge in [0.2, 0.25) is 0 Å². The average molecular weight is 272 g/mol. The van der Waals surface area contributed by atoms with E-state index in [0.29, 0.717) is 17.7 Å². The summed E-state index contributed by atoms with van der Waals surface area (Å²) in [6, 6.07) is 7.47. The van der Waals surface area contributed by atoms with E-state index in [1.54, 1.807) is 0 Å². The van der Waals surface area contributed by atoms with Gasteiger partial charge >= 0.3 is 0 Å². The van der Waals surface area contributed by atoms with Gasteiger partial charge in [-0.05, 0) is 44.4 Å². The molecule has 5 heteroatoms. The number of piperidine rings is 1. The summed E-state index contributed by atoms with van der Waals surface area (Å²) in [5.74, 6) is 0. The predicted molar refractivity (Wildman–Crippen MR) is 79.7 cm³/mol. The van der Waals surface area contributed by atoms with Gasteiger partial charge in [0.1, 0.15) is 5.52 Å². The Labute approximate surface area is 118 Å². The first-order valence-electron chi connectivity index (χ1n) is 7.45. The number of anilines is 2. The SMILES string of the molecule is Nc1cccc2oc(NC3CCN4CCCC4C3)nc12. The van der Waals surface area contributed by atoms with E-state index in [9.17, 15) is 0 Å². The Bertz CT molecular complexity index is 623. The highest BCUT2D eigenvalue weighted by atomic mass is 16.4. The number of para-hydroxylation sites is 1. The monoisotopic (exact) mass is 272 g/mol. The second kappa shape index (κ2) is 4.66.